The maximum absolute atomic E-state index is 13.0. The first-order chi connectivity index (χ1) is 9.28. The molecule has 6 heteroatoms. The summed E-state index contributed by atoms with van der Waals surface area (Å²) in [7, 11) is 0. The standard InChI is InChI=1S/C13H16FN5/c14-11-3-1-10(2-4-11)12(7-15)18-5-6-19-9-16-17-13(19)8-18/h1-4,9,12H,5-8,15H2. The summed E-state index contributed by atoms with van der Waals surface area (Å²) in [4.78, 5) is 2.26. The van der Waals surface area contributed by atoms with E-state index in [0.29, 0.717) is 6.54 Å². The Morgan fingerprint density at radius 2 is 2.05 bits per heavy atom. The van der Waals surface area contributed by atoms with Gasteiger partial charge in [0, 0.05) is 25.7 Å². The summed E-state index contributed by atoms with van der Waals surface area (Å²) < 4.78 is 15.0. The fourth-order valence-electron chi connectivity index (χ4n) is 2.53. The first-order valence-electron chi connectivity index (χ1n) is 6.34. The quantitative estimate of drug-likeness (QED) is 0.893. The first-order valence-corrected chi connectivity index (χ1v) is 6.34. The highest BCUT2D eigenvalue weighted by atomic mass is 19.1. The molecule has 1 aliphatic rings. The van der Waals surface area contributed by atoms with Gasteiger partial charge in [-0.15, -0.1) is 10.2 Å². The molecule has 0 saturated carbocycles. The number of hydrogen-bond donors (Lipinski definition) is 1. The van der Waals surface area contributed by atoms with Gasteiger partial charge in [-0.1, -0.05) is 12.1 Å². The van der Waals surface area contributed by atoms with Crippen molar-refractivity contribution < 1.29 is 4.39 Å². The van der Waals surface area contributed by atoms with Crippen LogP contribution >= 0.6 is 0 Å². The lowest BCUT2D eigenvalue weighted by Gasteiger charge is -2.34. The first kappa shape index (κ1) is 12.3. The minimum absolute atomic E-state index is 0.0889. The number of nitrogens with two attached hydrogens (primary N) is 1. The van der Waals surface area contributed by atoms with Gasteiger partial charge >= 0.3 is 0 Å². The molecular formula is C13H16FN5. The fraction of sp³-hybridized carbons (Fsp3) is 0.385. The zero-order chi connectivity index (χ0) is 13.2. The molecule has 1 aliphatic heterocycles. The minimum Gasteiger partial charge on any atom is -0.329 e. The van der Waals surface area contributed by atoms with Gasteiger partial charge < -0.3 is 10.3 Å². The molecule has 0 aliphatic carbocycles. The van der Waals surface area contributed by atoms with Crippen LogP contribution < -0.4 is 5.73 Å². The molecule has 1 unspecified atom stereocenters. The topological polar surface area (TPSA) is 60.0 Å². The van der Waals surface area contributed by atoms with Crippen LogP contribution in [0.5, 0.6) is 0 Å². The van der Waals surface area contributed by atoms with Crippen LogP contribution in [0.1, 0.15) is 17.4 Å². The summed E-state index contributed by atoms with van der Waals surface area (Å²) in [6, 6.07) is 6.64. The third-order valence-electron chi connectivity index (χ3n) is 3.59. The van der Waals surface area contributed by atoms with Crippen molar-refractivity contribution in [1.82, 2.24) is 19.7 Å². The summed E-state index contributed by atoms with van der Waals surface area (Å²) in [6.07, 6.45) is 1.75. The zero-order valence-electron chi connectivity index (χ0n) is 10.5. The van der Waals surface area contributed by atoms with Crippen molar-refractivity contribution in [3.63, 3.8) is 0 Å². The molecule has 2 heterocycles. The van der Waals surface area contributed by atoms with E-state index in [9.17, 15) is 4.39 Å². The van der Waals surface area contributed by atoms with Crippen LogP contribution in [0.2, 0.25) is 0 Å². The number of benzene rings is 1. The second-order valence-corrected chi connectivity index (χ2v) is 4.71. The van der Waals surface area contributed by atoms with E-state index in [1.807, 2.05) is 0 Å². The molecule has 1 atom stereocenters. The van der Waals surface area contributed by atoms with Gasteiger partial charge in [-0.3, -0.25) is 4.90 Å². The molecule has 0 fully saturated rings. The lowest BCUT2D eigenvalue weighted by molar-refractivity contribution is 0.156. The number of fused-ring (bicyclic) bond motifs is 1. The van der Waals surface area contributed by atoms with E-state index in [1.165, 1.54) is 12.1 Å². The Labute approximate surface area is 110 Å². The molecular weight excluding hydrogens is 245 g/mol. The average Bonchev–Trinajstić information content (AvgIpc) is 2.89. The lowest BCUT2D eigenvalue weighted by atomic mass is 10.0. The normalized spacial score (nSPS) is 17.2. The number of hydrogen-bond acceptors (Lipinski definition) is 4. The highest BCUT2D eigenvalue weighted by Crippen LogP contribution is 2.24. The van der Waals surface area contributed by atoms with E-state index >= 15 is 0 Å². The van der Waals surface area contributed by atoms with Gasteiger partial charge in [-0.05, 0) is 17.7 Å². The van der Waals surface area contributed by atoms with Crippen molar-refractivity contribution in [2.45, 2.75) is 19.1 Å². The largest absolute Gasteiger partial charge is 0.329 e. The Bertz CT molecular complexity index is 550. The van der Waals surface area contributed by atoms with Gasteiger partial charge in [-0.25, -0.2) is 4.39 Å². The maximum Gasteiger partial charge on any atom is 0.147 e. The van der Waals surface area contributed by atoms with Crippen LogP contribution in [-0.2, 0) is 13.1 Å². The zero-order valence-corrected chi connectivity index (χ0v) is 10.5. The Balaban J connectivity index is 1.82. The van der Waals surface area contributed by atoms with Crippen LogP contribution in [-0.4, -0.2) is 32.8 Å². The molecule has 100 valence electrons. The van der Waals surface area contributed by atoms with Gasteiger partial charge in [0.1, 0.15) is 18.0 Å². The summed E-state index contributed by atoms with van der Waals surface area (Å²) >= 11 is 0. The van der Waals surface area contributed by atoms with E-state index in [4.69, 9.17) is 5.73 Å². The molecule has 2 aromatic rings. The smallest absolute Gasteiger partial charge is 0.147 e. The van der Waals surface area contributed by atoms with Crippen LogP contribution in [0.15, 0.2) is 30.6 Å². The Hall–Kier alpha value is -1.79. The van der Waals surface area contributed by atoms with Crippen molar-refractivity contribution in [2.75, 3.05) is 13.1 Å². The fourth-order valence-corrected chi connectivity index (χ4v) is 2.53. The number of aromatic nitrogens is 3. The highest BCUT2D eigenvalue weighted by Gasteiger charge is 2.24. The van der Waals surface area contributed by atoms with E-state index in [-0.39, 0.29) is 11.9 Å². The number of rotatable bonds is 3. The summed E-state index contributed by atoms with van der Waals surface area (Å²) in [5.41, 5.74) is 6.93. The maximum atomic E-state index is 13.0. The minimum atomic E-state index is -0.224. The third-order valence-corrected chi connectivity index (χ3v) is 3.59. The summed E-state index contributed by atoms with van der Waals surface area (Å²) in [6.45, 7) is 2.98. The Morgan fingerprint density at radius 3 is 2.79 bits per heavy atom. The van der Waals surface area contributed by atoms with Crippen LogP contribution in [0.4, 0.5) is 4.39 Å². The lowest BCUT2D eigenvalue weighted by Crippen LogP contribution is -2.39. The second kappa shape index (κ2) is 5.07. The molecule has 1 aromatic heterocycles. The van der Waals surface area contributed by atoms with Crippen LogP contribution in [0.25, 0.3) is 0 Å². The molecule has 0 amide bonds. The average molecular weight is 261 g/mol. The molecule has 3 rings (SSSR count). The van der Waals surface area contributed by atoms with E-state index in [1.54, 1.807) is 18.5 Å². The Kier molecular flexibility index (Phi) is 3.27. The molecule has 5 nitrogen and oxygen atoms in total. The summed E-state index contributed by atoms with van der Waals surface area (Å²) in [5, 5.41) is 8.02. The number of nitrogens with zero attached hydrogens (tertiary/aromatic N) is 4. The molecule has 0 radical (unpaired) electrons. The van der Waals surface area contributed by atoms with Gasteiger partial charge in [0.05, 0.1) is 6.54 Å². The third kappa shape index (κ3) is 2.36. The van der Waals surface area contributed by atoms with Crippen molar-refractivity contribution in [3.8, 4) is 0 Å². The van der Waals surface area contributed by atoms with E-state index in [0.717, 1.165) is 31.0 Å². The molecule has 2 N–H and O–H groups in total. The van der Waals surface area contributed by atoms with Gasteiger partial charge in [0.2, 0.25) is 0 Å². The van der Waals surface area contributed by atoms with Crippen molar-refractivity contribution in [2.24, 2.45) is 5.73 Å². The van der Waals surface area contributed by atoms with Crippen molar-refractivity contribution >= 4 is 0 Å². The van der Waals surface area contributed by atoms with E-state index in [2.05, 4.69) is 19.7 Å². The van der Waals surface area contributed by atoms with Crippen LogP contribution in [0, 0.1) is 5.82 Å². The van der Waals surface area contributed by atoms with Crippen molar-refractivity contribution in [3.05, 3.63) is 47.8 Å². The molecule has 1 aromatic carbocycles. The predicted molar refractivity (Wildman–Crippen MR) is 68.6 cm³/mol. The SMILES string of the molecule is NCC(c1ccc(F)cc1)N1CCn2cnnc2C1. The van der Waals surface area contributed by atoms with Gasteiger partial charge in [0.15, 0.2) is 0 Å². The molecule has 19 heavy (non-hydrogen) atoms. The monoisotopic (exact) mass is 261 g/mol. The van der Waals surface area contributed by atoms with Crippen LogP contribution in [0.3, 0.4) is 0 Å². The molecule has 0 bridgehead atoms. The molecule has 0 saturated heterocycles. The second-order valence-electron chi connectivity index (χ2n) is 4.71. The highest BCUT2D eigenvalue weighted by molar-refractivity contribution is 5.20. The van der Waals surface area contributed by atoms with Gasteiger partial charge in [0.25, 0.3) is 0 Å². The predicted octanol–water partition coefficient (Wildman–Crippen LogP) is 0.933. The van der Waals surface area contributed by atoms with Crippen molar-refractivity contribution in [1.29, 1.82) is 0 Å². The molecule has 0 spiro atoms. The summed E-state index contributed by atoms with van der Waals surface area (Å²) in [5.74, 6) is 0.727. The number of halogens is 1. The Morgan fingerprint density at radius 1 is 1.26 bits per heavy atom. The van der Waals surface area contributed by atoms with Gasteiger partial charge in [-0.2, -0.15) is 0 Å². The van der Waals surface area contributed by atoms with E-state index < -0.39 is 0 Å².